The van der Waals surface area contributed by atoms with Gasteiger partial charge >= 0.3 is 5.97 Å². The summed E-state index contributed by atoms with van der Waals surface area (Å²) in [6, 6.07) is 9.09. The summed E-state index contributed by atoms with van der Waals surface area (Å²) in [7, 11) is 0. The first-order chi connectivity index (χ1) is 12.0. The molecule has 0 saturated heterocycles. The van der Waals surface area contributed by atoms with Crippen LogP contribution in [0.4, 0.5) is 0 Å². The summed E-state index contributed by atoms with van der Waals surface area (Å²) in [5.41, 5.74) is 1.89. The number of hydrogen-bond donors (Lipinski definition) is 2. The Labute approximate surface area is 142 Å². The van der Waals surface area contributed by atoms with Gasteiger partial charge in [-0.2, -0.15) is 5.26 Å². The van der Waals surface area contributed by atoms with Gasteiger partial charge in [0.15, 0.2) is 11.6 Å². The minimum Gasteiger partial charge on any atom is -0.507 e. The van der Waals surface area contributed by atoms with E-state index >= 15 is 0 Å². The van der Waals surface area contributed by atoms with Gasteiger partial charge in [0.05, 0.1) is 16.7 Å². The van der Waals surface area contributed by atoms with Crippen molar-refractivity contribution in [3.63, 3.8) is 0 Å². The summed E-state index contributed by atoms with van der Waals surface area (Å²) in [4.78, 5) is 19.3. The number of carbonyl (C=O) groups is 1. The number of hydrogen-bond acceptors (Lipinski definition) is 7. The maximum Gasteiger partial charge on any atom is 0.344 e. The lowest BCUT2D eigenvalue weighted by Crippen LogP contribution is -2.10. The van der Waals surface area contributed by atoms with Crippen molar-refractivity contribution < 1.29 is 19.2 Å². The van der Waals surface area contributed by atoms with Crippen LogP contribution in [0.15, 0.2) is 34.5 Å². The molecule has 1 aromatic carbocycles. The molecule has 2 aromatic heterocycles. The Morgan fingerprint density at radius 2 is 2.16 bits per heavy atom. The lowest BCUT2D eigenvalue weighted by atomic mass is 10.2. The van der Waals surface area contributed by atoms with Crippen LogP contribution in [-0.2, 0) is 4.74 Å². The minimum atomic E-state index is -0.690. The molecule has 0 amide bonds. The highest BCUT2D eigenvalue weighted by Crippen LogP contribution is 2.19. The molecule has 0 atom stereocenters. The normalized spacial score (nSPS) is 11.9. The Kier molecular flexibility index (Phi) is 4.22. The zero-order valence-corrected chi connectivity index (χ0v) is 13.5. The molecule has 0 fully saturated rings. The van der Waals surface area contributed by atoms with Gasteiger partial charge in [-0.15, -0.1) is 0 Å². The van der Waals surface area contributed by atoms with E-state index < -0.39 is 18.3 Å². The average Bonchev–Trinajstić information content (AvgIpc) is 3.16. The fourth-order valence-corrected chi connectivity index (χ4v) is 2.38. The Morgan fingerprint density at radius 3 is 2.80 bits per heavy atom. The lowest BCUT2D eigenvalue weighted by molar-refractivity contribution is 0.0500. The van der Waals surface area contributed by atoms with Crippen LogP contribution in [0.3, 0.4) is 0 Å². The second kappa shape index (κ2) is 6.49. The van der Waals surface area contributed by atoms with E-state index in [-0.39, 0.29) is 17.0 Å². The number of allylic oxidation sites excluding steroid dienone is 1. The van der Waals surface area contributed by atoms with E-state index in [9.17, 15) is 15.2 Å². The number of aromatic amines is 1. The molecule has 8 nitrogen and oxygen atoms in total. The first kappa shape index (κ1) is 16.3. The minimum absolute atomic E-state index is 0.0947. The van der Waals surface area contributed by atoms with Gasteiger partial charge in [-0.25, -0.2) is 9.78 Å². The highest BCUT2D eigenvalue weighted by Gasteiger charge is 2.20. The fraction of sp³-hybridized carbons (Fsp3) is 0.176. The smallest absolute Gasteiger partial charge is 0.344 e. The third-order valence-corrected chi connectivity index (χ3v) is 3.60. The number of nitrogens with one attached hydrogen (secondary N) is 1. The predicted molar refractivity (Wildman–Crippen MR) is 87.5 cm³/mol. The average molecular weight is 338 g/mol. The number of aryl methyl sites for hydroxylation is 2. The number of aliphatic hydroxyl groups is 1. The second-order valence-electron chi connectivity index (χ2n) is 5.31. The molecule has 8 heteroatoms. The Balaban J connectivity index is 1.82. The Hall–Kier alpha value is -3.60. The fourth-order valence-electron chi connectivity index (χ4n) is 2.38. The first-order valence-corrected chi connectivity index (χ1v) is 7.38. The molecule has 0 radical (unpaired) electrons. The maximum atomic E-state index is 12.1. The number of carbonyl (C=O) groups excluding carboxylic acids is 1. The number of ether oxygens (including phenoxy) is 1. The van der Waals surface area contributed by atoms with Crippen LogP contribution in [-0.4, -0.2) is 32.8 Å². The third kappa shape index (κ3) is 3.07. The van der Waals surface area contributed by atoms with E-state index in [1.165, 1.54) is 0 Å². The molecular weight excluding hydrogens is 324 g/mol. The number of nitrogens with zero attached hydrogens (tertiary/aromatic N) is 3. The molecule has 0 bridgehead atoms. The van der Waals surface area contributed by atoms with E-state index in [1.807, 2.05) is 18.2 Å². The summed E-state index contributed by atoms with van der Waals surface area (Å²) < 4.78 is 9.95. The van der Waals surface area contributed by atoms with Crippen LogP contribution in [0.1, 0.15) is 27.6 Å². The second-order valence-corrected chi connectivity index (χ2v) is 5.31. The van der Waals surface area contributed by atoms with Crippen molar-refractivity contribution in [2.75, 3.05) is 6.61 Å². The van der Waals surface area contributed by atoms with Crippen molar-refractivity contribution in [3.8, 4) is 6.07 Å². The molecule has 0 saturated carbocycles. The molecule has 0 aliphatic carbocycles. The number of fused-ring (bicyclic) bond motifs is 1. The first-order valence-electron chi connectivity index (χ1n) is 7.38. The van der Waals surface area contributed by atoms with Crippen molar-refractivity contribution in [3.05, 3.63) is 52.9 Å². The van der Waals surface area contributed by atoms with E-state index in [0.29, 0.717) is 17.0 Å². The van der Waals surface area contributed by atoms with Crippen molar-refractivity contribution in [1.29, 1.82) is 5.26 Å². The van der Waals surface area contributed by atoms with Gasteiger partial charge in [0.25, 0.3) is 0 Å². The maximum absolute atomic E-state index is 12.1. The van der Waals surface area contributed by atoms with Gasteiger partial charge in [-0.1, -0.05) is 17.3 Å². The molecule has 0 aliphatic rings. The molecular formula is C17H14N4O4. The highest BCUT2D eigenvalue weighted by atomic mass is 16.5. The van der Waals surface area contributed by atoms with Crippen molar-refractivity contribution in [2.45, 2.75) is 13.8 Å². The van der Waals surface area contributed by atoms with Gasteiger partial charge in [0.1, 0.15) is 29.6 Å². The van der Waals surface area contributed by atoms with Crippen LogP contribution in [0.2, 0.25) is 0 Å². The van der Waals surface area contributed by atoms with E-state index in [0.717, 1.165) is 5.52 Å². The number of benzene rings is 1. The summed E-state index contributed by atoms with van der Waals surface area (Å²) in [6.07, 6.45) is 0. The summed E-state index contributed by atoms with van der Waals surface area (Å²) >= 11 is 0. The quantitative estimate of drug-likeness (QED) is 0.425. The molecule has 0 unspecified atom stereocenters. The molecule has 25 heavy (non-hydrogen) atoms. The van der Waals surface area contributed by atoms with Crippen molar-refractivity contribution >= 4 is 22.6 Å². The molecule has 2 heterocycles. The van der Waals surface area contributed by atoms with E-state index in [4.69, 9.17) is 9.26 Å². The number of nitriles is 1. The van der Waals surface area contributed by atoms with Gasteiger partial charge in [-0.3, -0.25) is 0 Å². The number of imidazole rings is 1. The molecule has 2 N–H and O–H groups in total. The number of aromatic nitrogens is 3. The van der Waals surface area contributed by atoms with Crippen molar-refractivity contribution in [2.24, 2.45) is 0 Å². The number of aliphatic hydroxyl groups excluding tert-OH is 1. The lowest BCUT2D eigenvalue weighted by Gasteiger charge is -2.05. The predicted octanol–water partition coefficient (Wildman–Crippen LogP) is 2.82. The van der Waals surface area contributed by atoms with Crippen LogP contribution in [0, 0.1) is 25.2 Å². The Morgan fingerprint density at radius 1 is 1.40 bits per heavy atom. The van der Waals surface area contributed by atoms with Gasteiger partial charge < -0.3 is 19.4 Å². The van der Waals surface area contributed by atoms with E-state index in [2.05, 4.69) is 15.1 Å². The third-order valence-electron chi connectivity index (χ3n) is 3.60. The largest absolute Gasteiger partial charge is 0.507 e. The number of esters is 1. The zero-order valence-electron chi connectivity index (χ0n) is 13.5. The number of para-hydroxylation sites is 2. The molecule has 3 aromatic rings. The number of rotatable bonds is 4. The van der Waals surface area contributed by atoms with Gasteiger partial charge in [0.2, 0.25) is 0 Å². The Bertz CT molecular complexity index is 970. The topological polar surface area (TPSA) is 125 Å². The van der Waals surface area contributed by atoms with Crippen molar-refractivity contribution in [1.82, 2.24) is 15.1 Å². The standard InChI is InChI=1S/C17H14N4O4/c1-9-15(10(2)25-21-9)17(23)24-8-14(22)11(7-18)16-19-12-5-3-4-6-13(12)20-16/h3-6,22H,8H2,1-2H3,(H,19,20)/b14-11-. The molecule has 126 valence electrons. The molecule has 3 rings (SSSR count). The summed E-state index contributed by atoms with van der Waals surface area (Å²) in [5, 5.41) is 23.1. The van der Waals surface area contributed by atoms with Crippen LogP contribution in [0.25, 0.3) is 16.6 Å². The van der Waals surface area contributed by atoms with E-state index in [1.54, 1.807) is 26.0 Å². The highest BCUT2D eigenvalue weighted by molar-refractivity contribution is 5.91. The zero-order chi connectivity index (χ0) is 18.0. The summed E-state index contributed by atoms with van der Waals surface area (Å²) in [6.45, 7) is 2.72. The van der Waals surface area contributed by atoms with Crippen LogP contribution >= 0.6 is 0 Å². The summed E-state index contributed by atoms with van der Waals surface area (Å²) in [5.74, 6) is -0.565. The number of H-pyrrole nitrogens is 1. The monoisotopic (exact) mass is 338 g/mol. The van der Waals surface area contributed by atoms with Gasteiger partial charge in [-0.05, 0) is 26.0 Å². The van der Waals surface area contributed by atoms with Crippen LogP contribution < -0.4 is 0 Å². The van der Waals surface area contributed by atoms with Gasteiger partial charge in [0, 0.05) is 0 Å². The molecule has 0 aliphatic heterocycles. The van der Waals surface area contributed by atoms with Crippen LogP contribution in [0.5, 0.6) is 0 Å². The molecule has 0 spiro atoms. The SMILES string of the molecule is Cc1noc(C)c1C(=O)OC/C(O)=C(\C#N)c1nc2ccccc2[nH]1.